The lowest BCUT2D eigenvalue weighted by atomic mass is 9.95. The molecule has 5 nitrogen and oxygen atoms in total. The Kier molecular flexibility index (Phi) is 11.0. The van der Waals surface area contributed by atoms with E-state index in [1.54, 1.807) is 0 Å². The highest BCUT2D eigenvalue weighted by Gasteiger charge is 2.31. The molecular weight excluding hydrogens is 545 g/mol. The number of unbranched alkanes of at least 4 members (excludes halogenated alkanes) is 4. The lowest BCUT2D eigenvalue weighted by molar-refractivity contribution is 0.460. The van der Waals surface area contributed by atoms with Crippen LogP contribution in [0.3, 0.4) is 0 Å². The van der Waals surface area contributed by atoms with Gasteiger partial charge in [0.15, 0.2) is 11.7 Å². The number of fused-ring (bicyclic) bond motifs is 1. The average Bonchev–Trinajstić information content (AvgIpc) is 3.94. The highest BCUT2D eigenvalue weighted by Crippen LogP contribution is 2.40. The van der Waals surface area contributed by atoms with Crippen LogP contribution in [0.25, 0.3) is 21.9 Å². The quantitative estimate of drug-likeness (QED) is 0.0720. The van der Waals surface area contributed by atoms with Crippen molar-refractivity contribution >= 4 is 40.6 Å². The third kappa shape index (κ3) is 7.97. The van der Waals surface area contributed by atoms with Crippen LogP contribution in [-0.4, -0.2) is 62.3 Å². The van der Waals surface area contributed by atoms with Crippen LogP contribution in [0.2, 0.25) is 5.02 Å². The third-order valence-electron chi connectivity index (χ3n) is 8.53. The summed E-state index contributed by atoms with van der Waals surface area (Å²) in [6, 6.07) is 17.2. The molecule has 7 heteroatoms. The Bertz CT molecular complexity index is 1380. The number of hydrogen-bond donors (Lipinski definition) is 2. The predicted octanol–water partition coefficient (Wildman–Crippen LogP) is 8.35. The summed E-state index contributed by atoms with van der Waals surface area (Å²) in [6.07, 6.45) is 10.4. The van der Waals surface area contributed by atoms with Gasteiger partial charge in [-0.05, 0) is 67.8 Å². The minimum absolute atomic E-state index is 0.344. The number of halogens is 2. The van der Waals surface area contributed by atoms with Crippen LogP contribution in [0.1, 0.15) is 70.3 Å². The minimum atomic E-state index is -0.368. The van der Waals surface area contributed by atoms with E-state index in [0.717, 1.165) is 67.6 Å². The van der Waals surface area contributed by atoms with Gasteiger partial charge in [-0.3, -0.25) is 9.89 Å². The topological polar surface area (TPSA) is 61.7 Å². The Morgan fingerprint density at radius 3 is 2.71 bits per heavy atom. The second-order valence-electron chi connectivity index (χ2n) is 11.7. The molecule has 42 heavy (non-hydrogen) atoms. The number of benzene rings is 3. The Balaban J connectivity index is 1.32. The molecule has 0 spiro atoms. The zero-order valence-corrected chi connectivity index (χ0v) is 25.7. The van der Waals surface area contributed by atoms with Gasteiger partial charge in [0.2, 0.25) is 0 Å². The van der Waals surface area contributed by atoms with Gasteiger partial charge < -0.3 is 10.6 Å². The molecule has 5 rings (SSSR count). The summed E-state index contributed by atoms with van der Waals surface area (Å²) in [6.45, 7) is 10.9. The van der Waals surface area contributed by atoms with E-state index in [1.165, 1.54) is 32.2 Å². The molecule has 2 fully saturated rings. The minimum Gasteiger partial charge on any atom is -0.382 e. The summed E-state index contributed by atoms with van der Waals surface area (Å²) < 4.78 is 16.6. The first-order valence-corrected chi connectivity index (χ1v) is 16.2. The molecule has 2 aliphatic heterocycles. The lowest BCUT2D eigenvalue weighted by Crippen LogP contribution is -2.12. The first-order valence-electron chi connectivity index (χ1n) is 15.8. The molecular formula is C35H45ClFN5. The predicted molar refractivity (Wildman–Crippen MR) is 178 cm³/mol. The van der Waals surface area contributed by atoms with Gasteiger partial charge in [0.05, 0.1) is 10.7 Å². The summed E-state index contributed by atoms with van der Waals surface area (Å²) in [5.74, 6) is 0.0693. The highest BCUT2D eigenvalue weighted by molar-refractivity contribution is 6.34. The van der Waals surface area contributed by atoms with E-state index in [0.29, 0.717) is 46.8 Å². The van der Waals surface area contributed by atoms with Crippen molar-refractivity contribution in [3.63, 3.8) is 0 Å². The van der Waals surface area contributed by atoms with Crippen molar-refractivity contribution < 1.29 is 4.39 Å². The fourth-order valence-corrected chi connectivity index (χ4v) is 6.19. The van der Waals surface area contributed by atoms with E-state index in [9.17, 15) is 0 Å². The summed E-state index contributed by atoms with van der Waals surface area (Å²) in [5.41, 5.74) is 2.16. The maximum Gasteiger partial charge on any atom is 0.156 e. The molecule has 2 N–H and O–H groups in total. The number of hydrogen-bond acceptors (Lipinski definition) is 4. The van der Waals surface area contributed by atoms with E-state index in [-0.39, 0.29) is 5.82 Å². The first-order chi connectivity index (χ1) is 20.6. The number of nitrogens with one attached hydrogen (secondary N) is 2. The Morgan fingerprint density at radius 1 is 1.07 bits per heavy atom. The third-order valence-corrected chi connectivity index (χ3v) is 8.82. The Morgan fingerprint density at radius 2 is 1.90 bits per heavy atom. The van der Waals surface area contributed by atoms with E-state index >= 15 is 4.39 Å². The van der Waals surface area contributed by atoms with Crippen molar-refractivity contribution in [1.29, 1.82) is 0 Å². The van der Waals surface area contributed by atoms with Crippen LogP contribution in [0.5, 0.6) is 0 Å². The van der Waals surface area contributed by atoms with Gasteiger partial charge in [0.25, 0.3) is 0 Å². The van der Waals surface area contributed by atoms with Crippen LogP contribution < -0.4 is 10.6 Å². The molecule has 0 aliphatic carbocycles. The van der Waals surface area contributed by atoms with Gasteiger partial charge in [-0.1, -0.05) is 86.7 Å². The highest BCUT2D eigenvalue weighted by atomic mass is 35.5. The van der Waals surface area contributed by atoms with Gasteiger partial charge in [0, 0.05) is 49.4 Å². The molecule has 3 aromatic rings. The van der Waals surface area contributed by atoms with Crippen LogP contribution in [0.15, 0.2) is 58.5 Å². The van der Waals surface area contributed by atoms with Crippen LogP contribution >= 0.6 is 11.6 Å². The molecule has 3 atom stereocenters. The smallest absolute Gasteiger partial charge is 0.156 e. The summed E-state index contributed by atoms with van der Waals surface area (Å²) in [7, 11) is 0. The molecule has 0 radical (unpaired) electrons. The number of nitrogens with zero attached hydrogens (tertiary/aromatic N) is 3. The van der Waals surface area contributed by atoms with Gasteiger partial charge in [-0.2, -0.15) is 0 Å². The van der Waals surface area contributed by atoms with E-state index in [4.69, 9.17) is 16.6 Å². The van der Waals surface area contributed by atoms with Crippen LogP contribution in [-0.2, 0) is 0 Å². The number of aliphatic imine (C=N–C) groups is 2. The normalized spacial score (nSPS) is 19.7. The Labute approximate surface area is 255 Å². The first kappa shape index (κ1) is 30.7. The molecule has 0 aromatic heterocycles. The molecule has 0 saturated carbocycles. The molecule has 2 aliphatic rings. The summed E-state index contributed by atoms with van der Waals surface area (Å²) in [4.78, 5) is 11.5. The SMILES string of the molecule is C=NC(=NCCCCC1CN1)c1cc(Cl)c(-c2cccc3ccccc23)c(F)c1NCCCCCN1CC1CCCC. The molecule has 2 saturated heterocycles. The standard InChI is InChI=1S/C35H45ClFN5/c1-3-4-16-27-24-42(27)21-11-5-9-19-39-34-30(35(38-2)40-20-10-8-15-26-23-41-26)22-31(36)32(33(34)37)29-18-12-14-25-13-6-7-17-28(25)29/h6-7,12-14,17-18,22,26-27,39,41H,2-5,8-11,15-16,19-21,23-24H2,1H3. The maximum absolute atomic E-state index is 16.6. The van der Waals surface area contributed by atoms with Gasteiger partial charge in [0.1, 0.15) is 0 Å². The lowest BCUT2D eigenvalue weighted by Gasteiger charge is -2.18. The van der Waals surface area contributed by atoms with Gasteiger partial charge in [-0.15, -0.1) is 0 Å². The molecule has 0 amide bonds. The number of amidine groups is 1. The van der Waals surface area contributed by atoms with Gasteiger partial charge >= 0.3 is 0 Å². The second-order valence-corrected chi connectivity index (χ2v) is 12.1. The van der Waals surface area contributed by atoms with Gasteiger partial charge in [-0.25, -0.2) is 9.38 Å². The number of anilines is 1. The van der Waals surface area contributed by atoms with Crippen LogP contribution in [0, 0.1) is 5.82 Å². The molecule has 0 bridgehead atoms. The zero-order chi connectivity index (χ0) is 29.3. The van der Waals surface area contributed by atoms with Crippen molar-refractivity contribution in [2.45, 2.75) is 76.8 Å². The second kappa shape index (κ2) is 15.1. The maximum atomic E-state index is 16.6. The van der Waals surface area contributed by atoms with Crippen molar-refractivity contribution in [2.24, 2.45) is 9.98 Å². The van der Waals surface area contributed by atoms with Crippen molar-refractivity contribution in [2.75, 3.05) is 38.0 Å². The van der Waals surface area contributed by atoms with Crippen molar-refractivity contribution in [3.05, 3.63) is 64.9 Å². The Hall–Kier alpha value is -2.80. The monoisotopic (exact) mass is 589 g/mol. The summed E-state index contributed by atoms with van der Waals surface area (Å²) in [5, 5.41) is 9.12. The molecule has 224 valence electrons. The fraction of sp³-hybridized carbons (Fsp3) is 0.486. The zero-order valence-electron chi connectivity index (χ0n) is 25.0. The largest absolute Gasteiger partial charge is 0.382 e. The van der Waals surface area contributed by atoms with E-state index in [2.05, 4.69) is 34.2 Å². The van der Waals surface area contributed by atoms with Crippen molar-refractivity contribution in [1.82, 2.24) is 10.2 Å². The molecule has 3 aromatic carbocycles. The summed E-state index contributed by atoms with van der Waals surface area (Å²) >= 11 is 6.85. The molecule has 3 unspecified atom stereocenters. The fourth-order valence-electron chi connectivity index (χ4n) is 5.90. The van der Waals surface area contributed by atoms with E-state index in [1.807, 2.05) is 48.5 Å². The van der Waals surface area contributed by atoms with Crippen molar-refractivity contribution in [3.8, 4) is 11.1 Å². The van der Waals surface area contributed by atoms with E-state index < -0.39 is 0 Å². The molecule has 2 heterocycles. The number of rotatable bonds is 17. The van der Waals surface area contributed by atoms with Crippen LogP contribution in [0.4, 0.5) is 10.1 Å². The average molecular weight is 590 g/mol.